The predicted octanol–water partition coefficient (Wildman–Crippen LogP) is 2.71. The van der Waals surface area contributed by atoms with Crippen LogP contribution in [-0.2, 0) is 17.6 Å². The molecule has 1 saturated carbocycles. The van der Waals surface area contributed by atoms with Crippen LogP contribution in [0.1, 0.15) is 55.0 Å². The average molecular weight is 432 g/mol. The van der Waals surface area contributed by atoms with Gasteiger partial charge in [0.15, 0.2) is 11.6 Å². The monoisotopic (exact) mass is 431 g/mol. The first-order valence-corrected chi connectivity index (χ1v) is 11.3. The molecule has 3 N–H and O–H groups in total. The van der Waals surface area contributed by atoms with E-state index in [0.29, 0.717) is 17.7 Å². The van der Waals surface area contributed by atoms with Gasteiger partial charge in [0.2, 0.25) is 11.9 Å². The van der Waals surface area contributed by atoms with Crippen molar-refractivity contribution in [1.29, 1.82) is 0 Å². The number of anilines is 4. The molecule has 0 spiro atoms. The fourth-order valence-electron chi connectivity index (χ4n) is 4.63. The summed E-state index contributed by atoms with van der Waals surface area (Å²) in [6.07, 6.45) is 11.7. The zero-order valence-electron chi connectivity index (χ0n) is 17.7. The number of nitrogens with one attached hydrogen (secondary N) is 3. The van der Waals surface area contributed by atoms with Crippen LogP contribution < -0.4 is 15.5 Å². The Hall–Kier alpha value is -3.56. The molecule has 1 aliphatic heterocycles. The number of rotatable bonds is 6. The van der Waals surface area contributed by atoms with Gasteiger partial charge in [-0.25, -0.2) is 9.97 Å². The highest BCUT2D eigenvalue weighted by molar-refractivity contribution is 5.96. The van der Waals surface area contributed by atoms with E-state index in [1.807, 2.05) is 4.90 Å². The quantitative estimate of drug-likeness (QED) is 0.544. The number of hydrogen-bond donors (Lipinski definition) is 3. The molecule has 1 amide bonds. The number of nitrogens with zero attached hydrogens (tertiary/aromatic N) is 6. The Morgan fingerprint density at radius 3 is 2.88 bits per heavy atom. The molecule has 1 saturated heterocycles. The Morgan fingerprint density at radius 1 is 1.09 bits per heavy atom. The standard InChI is InChI=1S/C22H25N9O/c32-21(27-19-12-23-8-9-24-19)17-5-2-10-31(17)22-25-15-4-1-3-14(15)20(28-22)26-18-11-16(29-30-18)13-6-7-13/h8-9,11-13,17H,1-7,10H2,(H,24,27,32)(H2,25,26,28,29,30). The summed E-state index contributed by atoms with van der Waals surface area (Å²) >= 11 is 0. The lowest BCUT2D eigenvalue weighted by atomic mass is 10.2. The van der Waals surface area contributed by atoms with Crippen molar-refractivity contribution < 1.29 is 4.79 Å². The second-order valence-electron chi connectivity index (χ2n) is 8.69. The maximum Gasteiger partial charge on any atom is 0.248 e. The Bertz CT molecular complexity index is 1140. The van der Waals surface area contributed by atoms with Crippen LogP contribution in [-0.4, -0.2) is 48.6 Å². The summed E-state index contributed by atoms with van der Waals surface area (Å²) in [5, 5.41) is 13.9. The molecule has 0 aromatic carbocycles. The van der Waals surface area contributed by atoms with E-state index in [0.717, 1.165) is 61.5 Å². The number of carbonyl (C=O) groups is 1. The van der Waals surface area contributed by atoms with Gasteiger partial charge in [-0.1, -0.05) is 0 Å². The van der Waals surface area contributed by atoms with Gasteiger partial charge < -0.3 is 15.5 Å². The van der Waals surface area contributed by atoms with E-state index in [9.17, 15) is 4.79 Å². The van der Waals surface area contributed by atoms with Crippen LogP contribution >= 0.6 is 0 Å². The van der Waals surface area contributed by atoms with Crippen LogP contribution in [0.2, 0.25) is 0 Å². The minimum atomic E-state index is -0.337. The fraction of sp³-hybridized carbons (Fsp3) is 0.455. The van der Waals surface area contributed by atoms with Gasteiger partial charge in [-0.3, -0.25) is 14.9 Å². The van der Waals surface area contributed by atoms with E-state index >= 15 is 0 Å². The number of aryl methyl sites for hydroxylation is 1. The van der Waals surface area contributed by atoms with Gasteiger partial charge in [-0.15, -0.1) is 0 Å². The minimum Gasteiger partial charge on any atom is -0.329 e. The topological polar surface area (TPSA) is 125 Å². The van der Waals surface area contributed by atoms with Crippen LogP contribution in [0.3, 0.4) is 0 Å². The third kappa shape index (κ3) is 3.65. The van der Waals surface area contributed by atoms with Gasteiger partial charge in [0.25, 0.3) is 0 Å². The van der Waals surface area contributed by atoms with Gasteiger partial charge in [0, 0.05) is 42.2 Å². The molecule has 0 radical (unpaired) electrons. The SMILES string of the molecule is O=C(Nc1cnccn1)C1CCCN1c1nc2c(c(Nc3cc(C4CC4)[nH]n3)n1)CCC2. The lowest BCUT2D eigenvalue weighted by Gasteiger charge is -2.25. The van der Waals surface area contributed by atoms with Crippen molar-refractivity contribution in [3.05, 3.63) is 41.6 Å². The number of fused-ring (bicyclic) bond motifs is 1. The van der Waals surface area contributed by atoms with Gasteiger partial charge in [-0.05, 0) is 44.9 Å². The summed E-state index contributed by atoms with van der Waals surface area (Å²) in [5.74, 6) is 3.14. The lowest BCUT2D eigenvalue weighted by molar-refractivity contribution is -0.117. The molecule has 2 fully saturated rings. The molecular weight excluding hydrogens is 406 g/mol. The number of amides is 1. The molecule has 3 aromatic rings. The molecule has 10 nitrogen and oxygen atoms in total. The highest BCUT2D eigenvalue weighted by Gasteiger charge is 2.34. The van der Waals surface area contributed by atoms with Crippen LogP contribution in [0.25, 0.3) is 0 Å². The molecular formula is C22H25N9O. The summed E-state index contributed by atoms with van der Waals surface area (Å²) in [6, 6.07) is 1.74. The van der Waals surface area contributed by atoms with E-state index in [1.54, 1.807) is 18.6 Å². The number of aromatic amines is 1. The Morgan fingerprint density at radius 2 is 2.03 bits per heavy atom. The zero-order chi connectivity index (χ0) is 21.5. The molecule has 164 valence electrons. The second-order valence-corrected chi connectivity index (χ2v) is 8.69. The Labute approximate surface area is 185 Å². The van der Waals surface area contributed by atoms with Gasteiger partial charge in [0.1, 0.15) is 11.9 Å². The Kier molecular flexibility index (Phi) is 4.70. The lowest BCUT2D eigenvalue weighted by Crippen LogP contribution is -2.41. The van der Waals surface area contributed by atoms with Crippen molar-refractivity contribution in [2.24, 2.45) is 0 Å². The number of carbonyl (C=O) groups excluding carboxylic acids is 1. The molecule has 32 heavy (non-hydrogen) atoms. The van der Waals surface area contributed by atoms with E-state index in [-0.39, 0.29) is 11.9 Å². The summed E-state index contributed by atoms with van der Waals surface area (Å²) < 4.78 is 0. The number of aromatic nitrogens is 6. The summed E-state index contributed by atoms with van der Waals surface area (Å²) in [5.41, 5.74) is 3.40. The minimum absolute atomic E-state index is 0.108. The normalized spacial score (nSPS) is 19.8. The van der Waals surface area contributed by atoms with Crippen LogP contribution in [0.15, 0.2) is 24.7 Å². The summed E-state index contributed by atoms with van der Waals surface area (Å²) in [4.78, 5) is 32.9. The molecule has 0 bridgehead atoms. The number of hydrogen-bond acceptors (Lipinski definition) is 8. The first-order valence-electron chi connectivity index (χ1n) is 11.3. The van der Waals surface area contributed by atoms with Gasteiger partial charge >= 0.3 is 0 Å². The predicted molar refractivity (Wildman–Crippen MR) is 119 cm³/mol. The average Bonchev–Trinajstić information content (AvgIpc) is 3.20. The van der Waals surface area contributed by atoms with Crippen LogP contribution in [0, 0.1) is 0 Å². The molecule has 2 aliphatic carbocycles. The summed E-state index contributed by atoms with van der Waals surface area (Å²) in [7, 11) is 0. The van der Waals surface area contributed by atoms with Crippen molar-refractivity contribution in [3.8, 4) is 0 Å². The highest BCUT2D eigenvalue weighted by atomic mass is 16.2. The molecule has 3 aliphatic rings. The van der Waals surface area contributed by atoms with E-state index < -0.39 is 0 Å². The van der Waals surface area contributed by atoms with Gasteiger partial charge in [-0.2, -0.15) is 10.1 Å². The third-order valence-corrected chi connectivity index (χ3v) is 6.41. The van der Waals surface area contributed by atoms with E-state index in [2.05, 4.69) is 36.9 Å². The molecule has 10 heteroatoms. The fourth-order valence-corrected chi connectivity index (χ4v) is 4.63. The largest absolute Gasteiger partial charge is 0.329 e. The maximum atomic E-state index is 13.0. The van der Waals surface area contributed by atoms with Crippen molar-refractivity contribution in [2.45, 2.75) is 56.9 Å². The smallest absolute Gasteiger partial charge is 0.248 e. The van der Waals surface area contributed by atoms with Gasteiger partial charge in [0.05, 0.1) is 11.9 Å². The molecule has 1 unspecified atom stereocenters. The number of H-pyrrole nitrogens is 1. The van der Waals surface area contributed by atoms with Crippen molar-refractivity contribution in [1.82, 2.24) is 30.1 Å². The molecule has 4 heterocycles. The van der Waals surface area contributed by atoms with E-state index in [4.69, 9.17) is 9.97 Å². The highest BCUT2D eigenvalue weighted by Crippen LogP contribution is 2.40. The van der Waals surface area contributed by atoms with Crippen molar-refractivity contribution in [2.75, 3.05) is 22.1 Å². The maximum absolute atomic E-state index is 13.0. The summed E-state index contributed by atoms with van der Waals surface area (Å²) in [6.45, 7) is 0.741. The zero-order valence-corrected chi connectivity index (χ0v) is 17.7. The first-order chi connectivity index (χ1) is 15.7. The van der Waals surface area contributed by atoms with Crippen LogP contribution in [0.5, 0.6) is 0 Å². The Balaban J connectivity index is 1.27. The third-order valence-electron chi connectivity index (χ3n) is 6.41. The van der Waals surface area contributed by atoms with Crippen molar-refractivity contribution >= 4 is 29.3 Å². The van der Waals surface area contributed by atoms with Crippen LogP contribution in [0.4, 0.5) is 23.4 Å². The molecule has 1 atom stereocenters. The second kappa shape index (κ2) is 7.85. The van der Waals surface area contributed by atoms with Crippen molar-refractivity contribution in [3.63, 3.8) is 0 Å². The molecule has 3 aromatic heterocycles. The van der Waals surface area contributed by atoms with E-state index in [1.165, 1.54) is 18.5 Å². The molecule has 6 rings (SSSR count). The first kappa shape index (κ1) is 19.1.